The molecule has 0 aromatic carbocycles. The van der Waals surface area contributed by atoms with Crippen LogP contribution in [0, 0.1) is 5.82 Å². The van der Waals surface area contributed by atoms with Crippen molar-refractivity contribution in [2.24, 2.45) is 0 Å². The van der Waals surface area contributed by atoms with Gasteiger partial charge in [-0.25, -0.2) is 19.3 Å². The van der Waals surface area contributed by atoms with Gasteiger partial charge in [-0.05, 0) is 50.7 Å². The van der Waals surface area contributed by atoms with Gasteiger partial charge in [0.15, 0.2) is 5.82 Å². The molecule has 1 aliphatic carbocycles. The molecule has 0 radical (unpaired) electrons. The molecule has 4 rings (SSSR count). The summed E-state index contributed by atoms with van der Waals surface area (Å²) < 4.78 is 14.5. The van der Waals surface area contributed by atoms with Crippen LogP contribution < -0.4 is 15.5 Å². The minimum atomic E-state index is -0.561. The van der Waals surface area contributed by atoms with Crippen molar-refractivity contribution in [3.05, 3.63) is 30.2 Å². The third-order valence-corrected chi connectivity index (χ3v) is 5.79. The highest BCUT2D eigenvalue weighted by atomic mass is 19.1. The van der Waals surface area contributed by atoms with Gasteiger partial charge in [-0.3, -0.25) is 14.5 Å². The molecule has 2 N–H and O–H groups in total. The molecule has 0 unspecified atom stereocenters. The summed E-state index contributed by atoms with van der Waals surface area (Å²) in [4.78, 5) is 38.1. The highest BCUT2D eigenvalue weighted by Crippen LogP contribution is 2.26. The maximum absolute atomic E-state index is 14.5. The highest BCUT2D eigenvalue weighted by molar-refractivity contribution is 5.93. The van der Waals surface area contributed by atoms with E-state index in [2.05, 4.69) is 25.6 Å². The molecule has 0 bridgehead atoms. The van der Waals surface area contributed by atoms with Gasteiger partial charge in [0, 0.05) is 32.0 Å². The van der Waals surface area contributed by atoms with Gasteiger partial charge in [-0.2, -0.15) is 0 Å². The molecule has 1 saturated heterocycles. The summed E-state index contributed by atoms with van der Waals surface area (Å²) in [6, 6.07) is 5.57. The molecule has 2 aliphatic rings. The van der Waals surface area contributed by atoms with Crippen molar-refractivity contribution < 1.29 is 14.0 Å². The van der Waals surface area contributed by atoms with Gasteiger partial charge in [0.25, 0.3) is 0 Å². The van der Waals surface area contributed by atoms with E-state index in [9.17, 15) is 14.0 Å². The number of hydrogen-bond acceptors (Lipinski definition) is 6. The molecule has 164 valence electrons. The lowest BCUT2D eigenvalue weighted by Crippen LogP contribution is -2.39. The molecule has 3 heterocycles. The molecule has 9 heteroatoms. The SMILES string of the molecule is CC(=O)N[C@H]1CC[C@H](Nc2ncc(F)c(-c3cccc(N4CCCCC4=O)n3)n2)CC1. The van der Waals surface area contributed by atoms with Gasteiger partial charge in [-0.15, -0.1) is 0 Å². The first-order chi connectivity index (χ1) is 15.0. The van der Waals surface area contributed by atoms with Crippen LogP contribution in [-0.2, 0) is 9.59 Å². The van der Waals surface area contributed by atoms with Crippen LogP contribution in [0.3, 0.4) is 0 Å². The quantitative estimate of drug-likeness (QED) is 0.762. The number of carbonyl (C=O) groups excluding carboxylic acids is 2. The summed E-state index contributed by atoms with van der Waals surface area (Å²) in [6.45, 7) is 2.15. The number of halogens is 1. The summed E-state index contributed by atoms with van der Waals surface area (Å²) >= 11 is 0. The van der Waals surface area contributed by atoms with Crippen molar-refractivity contribution in [2.75, 3.05) is 16.8 Å². The fourth-order valence-corrected chi connectivity index (χ4v) is 4.22. The van der Waals surface area contributed by atoms with Gasteiger partial charge in [0.1, 0.15) is 11.5 Å². The molecule has 1 aliphatic heterocycles. The van der Waals surface area contributed by atoms with Crippen LogP contribution in [0.15, 0.2) is 24.4 Å². The van der Waals surface area contributed by atoms with Gasteiger partial charge in [0.05, 0.1) is 11.9 Å². The summed E-state index contributed by atoms with van der Waals surface area (Å²) in [6.07, 6.45) is 6.95. The van der Waals surface area contributed by atoms with E-state index in [0.29, 0.717) is 30.4 Å². The molecular weight excluding hydrogens is 399 g/mol. The number of carbonyl (C=O) groups is 2. The van der Waals surface area contributed by atoms with E-state index in [4.69, 9.17) is 0 Å². The zero-order valence-corrected chi connectivity index (χ0v) is 17.6. The number of hydrogen-bond donors (Lipinski definition) is 2. The summed E-state index contributed by atoms with van der Waals surface area (Å²) in [5, 5.41) is 6.24. The molecule has 0 atom stereocenters. The zero-order valence-electron chi connectivity index (χ0n) is 17.6. The highest BCUT2D eigenvalue weighted by Gasteiger charge is 2.24. The normalized spacial score (nSPS) is 21.6. The van der Waals surface area contributed by atoms with Crippen LogP contribution in [0.2, 0.25) is 0 Å². The Labute approximate surface area is 180 Å². The van der Waals surface area contributed by atoms with Crippen molar-refractivity contribution in [1.82, 2.24) is 20.3 Å². The molecule has 2 aromatic rings. The number of nitrogens with one attached hydrogen (secondary N) is 2. The monoisotopic (exact) mass is 426 g/mol. The van der Waals surface area contributed by atoms with Gasteiger partial charge < -0.3 is 10.6 Å². The van der Waals surface area contributed by atoms with E-state index >= 15 is 0 Å². The van der Waals surface area contributed by atoms with Crippen molar-refractivity contribution >= 4 is 23.6 Å². The Morgan fingerprint density at radius 2 is 1.90 bits per heavy atom. The molecule has 2 amide bonds. The van der Waals surface area contributed by atoms with Crippen LogP contribution in [0.1, 0.15) is 51.9 Å². The molecule has 8 nitrogen and oxygen atoms in total. The predicted octanol–water partition coefficient (Wildman–Crippen LogP) is 3.05. The summed E-state index contributed by atoms with van der Waals surface area (Å²) in [7, 11) is 0. The second-order valence-electron chi connectivity index (χ2n) is 8.17. The van der Waals surface area contributed by atoms with Crippen LogP contribution in [-0.4, -0.2) is 45.4 Å². The van der Waals surface area contributed by atoms with E-state index in [1.165, 1.54) is 6.92 Å². The smallest absolute Gasteiger partial charge is 0.228 e. The molecule has 2 fully saturated rings. The predicted molar refractivity (Wildman–Crippen MR) is 115 cm³/mol. The van der Waals surface area contributed by atoms with Crippen LogP contribution >= 0.6 is 0 Å². The van der Waals surface area contributed by atoms with Gasteiger partial charge in [-0.1, -0.05) is 6.07 Å². The van der Waals surface area contributed by atoms with Gasteiger partial charge >= 0.3 is 0 Å². The lowest BCUT2D eigenvalue weighted by molar-refractivity contribution is -0.120. The molecule has 2 aromatic heterocycles. The molecule has 0 spiro atoms. The fraction of sp³-hybridized carbons (Fsp3) is 0.500. The number of anilines is 2. The van der Waals surface area contributed by atoms with Crippen molar-refractivity contribution in [1.29, 1.82) is 0 Å². The molecule has 31 heavy (non-hydrogen) atoms. The average molecular weight is 426 g/mol. The minimum absolute atomic E-state index is 0.0103. The van der Waals surface area contributed by atoms with Crippen LogP contribution in [0.25, 0.3) is 11.4 Å². The standard InChI is InChI=1S/C22H27FN6O2/c1-14(30)25-15-8-10-16(11-9-15)26-22-24-13-17(23)21(28-22)18-5-4-6-19(27-18)29-12-3-2-7-20(29)31/h4-6,13,15-16H,2-3,7-12H2,1H3,(H,25,30)(H,24,26,28)/t15-,16-. The minimum Gasteiger partial charge on any atom is -0.354 e. The number of piperidine rings is 1. The molecule has 1 saturated carbocycles. The van der Waals surface area contributed by atoms with Crippen molar-refractivity contribution in [3.63, 3.8) is 0 Å². The van der Waals surface area contributed by atoms with E-state index in [-0.39, 0.29) is 29.6 Å². The second-order valence-corrected chi connectivity index (χ2v) is 8.17. The number of nitrogens with zero attached hydrogens (tertiary/aromatic N) is 4. The number of pyridine rings is 1. The Morgan fingerprint density at radius 1 is 1.13 bits per heavy atom. The van der Waals surface area contributed by atoms with Crippen molar-refractivity contribution in [2.45, 2.75) is 64.0 Å². The Hall–Kier alpha value is -3.10. The Morgan fingerprint density at radius 3 is 2.65 bits per heavy atom. The summed E-state index contributed by atoms with van der Waals surface area (Å²) in [5.74, 6) is 0.335. The first-order valence-corrected chi connectivity index (χ1v) is 10.8. The van der Waals surface area contributed by atoms with Crippen LogP contribution in [0.5, 0.6) is 0 Å². The zero-order chi connectivity index (χ0) is 21.8. The van der Waals surface area contributed by atoms with E-state index in [0.717, 1.165) is 44.7 Å². The Balaban J connectivity index is 1.48. The summed E-state index contributed by atoms with van der Waals surface area (Å²) in [5.41, 5.74) is 0.476. The topological polar surface area (TPSA) is 100 Å². The largest absolute Gasteiger partial charge is 0.354 e. The average Bonchev–Trinajstić information content (AvgIpc) is 2.76. The first-order valence-electron chi connectivity index (χ1n) is 10.8. The Kier molecular flexibility index (Phi) is 6.39. The van der Waals surface area contributed by atoms with Gasteiger partial charge in [0.2, 0.25) is 17.8 Å². The van der Waals surface area contributed by atoms with E-state index in [1.807, 2.05) is 0 Å². The van der Waals surface area contributed by atoms with E-state index < -0.39 is 5.82 Å². The van der Waals surface area contributed by atoms with Crippen LogP contribution in [0.4, 0.5) is 16.2 Å². The third-order valence-electron chi connectivity index (χ3n) is 5.79. The molecular formula is C22H27FN6O2. The maximum Gasteiger partial charge on any atom is 0.228 e. The number of rotatable bonds is 5. The lowest BCUT2D eigenvalue weighted by Gasteiger charge is -2.29. The van der Waals surface area contributed by atoms with E-state index in [1.54, 1.807) is 23.1 Å². The fourth-order valence-electron chi connectivity index (χ4n) is 4.22. The second kappa shape index (κ2) is 9.36. The first kappa shape index (κ1) is 21.1. The third kappa shape index (κ3) is 5.15. The van der Waals surface area contributed by atoms with Crippen molar-refractivity contribution in [3.8, 4) is 11.4 Å². The number of aromatic nitrogens is 3. The lowest BCUT2D eigenvalue weighted by atomic mass is 9.91. The number of amides is 2. The Bertz CT molecular complexity index is 961. The maximum atomic E-state index is 14.5.